The number of anilines is 2. The summed E-state index contributed by atoms with van der Waals surface area (Å²) in [6.45, 7) is 3.97. The van der Waals surface area contributed by atoms with Gasteiger partial charge in [-0.2, -0.15) is 0 Å². The van der Waals surface area contributed by atoms with Crippen LogP contribution in [0.1, 0.15) is 26.7 Å². The molecule has 90 valence electrons. The smallest absolute Gasteiger partial charge is 0.163 e. The first kappa shape index (κ1) is 11.7. The molecule has 0 spiro atoms. The summed E-state index contributed by atoms with van der Waals surface area (Å²) in [7, 11) is 0. The first-order chi connectivity index (χ1) is 7.99. The fraction of sp³-hybridized carbons (Fsp3) is 0.357. The van der Waals surface area contributed by atoms with Crippen LogP contribution in [0.2, 0.25) is 0 Å². The Bertz CT molecular complexity index is 475. The summed E-state index contributed by atoms with van der Waals surface area (Å²) in [5, 5.41) is 3.23. The normalized spacial score (nSPS) is 18.7. The number of carbonyl (C=O) groups excluding carboxylic acids is 1. The van der Waals surface area contributed by atoms with E-state index in [1.807, 2.05) is 38.1 Å². The van der Waals surface area contributed by atoms with Crippen molar-refractivity contribution in [1.82, 2.24) is 0 Å². The SMILES string of the molecule is CC1(C)CCC(Nc2ccccc2N)=CC1=O. The third-order valence-corrected chi connectivity index (χ3v) is 3.25. The van der Waals surface area contributed by atoms with Crippen molar-refractivity contribution in [3.05, 3.63) is 36.0 Å². The molecule has 1 aromatic rings. The molecule has 0 unspecified atom stereocenters. The van der Waals surface area contributed by atoms with Crippen molar-refractivity contribution in [3.8, 4) is 0 Å². The Balaban J connectivity index is 2.17. The summed E-state index contributed by atoms with van der Waals surface area (Å²) < 4.78 is 0. The molecule has 17 heavy (non-hydrogen) atoms. The van der Waals surface area contributed by atoms with Crippen LogP contribution in [0.15, 0.2) is 36.0 Å². The zero-order valence-electron chi connectivity index (χ0n) is 10.3. The second-order valence-corrected chi connectivity index (χ2v) is 5.13. The maximum Gasteiger partial charge on any atom is 0.163 e. The van der Waals surface area contributed by atoms with E-state index in [4.69, 9.17) is 5.73 Å². The highest BCUT2D eigenvalue weighted by atomic mass is 16.1. The van der Waals surface area contributed by atoms with Crippen molar-refractivity contribution < 1.29 is 4.79 Å². The van der Waals surface area contributed by atoms with E-state index >= 15 is 0 Å². The van der Waals surface area contributed by atoms with Gasteiger partial charge in [0.2, 0.25) is 0 Å². The molecule has 3 N–H and O–H groups in total. The predicted octanol–water partition coefficient (Wildman–Crippen LogP) is 2.95. The van der Waals surface area contributed by atoms with Gasteiger partial charge in [-0.1, -0.05) is 26.0 Å². The lowest BCUT2D eigenvalue weighted by Crippen LogP contribution is -2.27. The Morgan fingerprint density at radius 3 is 2.65 bits per heavy atom. The van der Waals surface area contributed by atoms with Crippen LogP contribution >= 0.6 is 0 Å². The molecule has 1 aliphatic carbocycles. The van der Waals surface area contributed by atoms with E-state index in [0.717, 1.165) is 24.2 Å². The Morgan fingerprint density at radius 1 is 1.29 bits per heavy atom. The third kappa shape index (κ3) is 2.49. The summed E-state index contributed by atoms with van der Waals surface area (Å²) in [6, 6.07) is 7.58. The molecule has 3 heteroatoms. The highest BCUT2D eigenvalue weighted by molar-refractivity contribution is 5.96. The average molecular weight is 230 g/mol. The monoisotopic (exact) mass is 230 g/mol. The van der Waals surface area contributed by atoms with Crippen LogP contribution in [0, 0.1) is 5.41 Å². The van der Waals surface area contributed by atoms with E-state index in [9.17, 15) is 4.79 Å². The number of allylic oxidation sites excluding steroid dienone is 2. The van der Waals surface area contributed by atoms with Gasteiger partial charge in [0, 0.05) is 17.2 Å². The first-order valence-electron chi connectivity index (χ1n) is 5.85. The van der Waals surface area contributed by atoms with E-state index < -0.39 is 0 Å². The van der Waals surface area contributed by atoms with E-state index in [2.05, 4.69) is 5.32 Å². The van der Waals surface area contributed by atoms with E-state index in [-0.39, 0.29) is 11.2 Å². The first-order valence-corrected chi connectivity index (χ1v) is 5.85. The quantitative estimate of drug-likeness (QED) is 0.768. The average Bonchev–Trinajstić information content (AvgIpc) is 2.27. The molecule has 0 aliphatic heterocycles. The summed E-state index contributed by atoms with van der Waals surface area (Å²) in [6.07, 6.45) is 3.46. The standard InChI is InChI=1S/C14H18N2O/c1-14(2)8-7-10(9-13(14)17)16-12-6-4-3-5-11(12)15/h3-6,9,16H,7-8,15H2,1-2H3. The van der Waals surface area contributed by atoms with Crippen molar-refractivity contribution in [2.45, 2.75) is 26.7 Å². The summed E-state index contributed by atoms with van der Waals surface area (Å²) >= 11 is 0. The minimum absolute atomic E-state index is 0.181. The summed E-state index contributed by atoms with van der Waals surface area (Å²) in [5.41, 5.74) is 8.14. The molecule has 3 nitrogen and oxygen atoms in total. The number of ketones is 1. The van der Waals surface area contributed by atoms with Gasteiger partial charge in [-0.3, -0.25) is 4.79 Å². The van der Waals surface area contributed by atoms with Gasteiger partial charge in [0.25, 0.3) is 0 Å². The number of benzene rings is 1. The summed E-state index contributed by atoms with van der Waals surface area (Å²) in [5.74, 6) is 0.181. The topological polar surface area (TPSA) is 55.1 Å². The van der Waals surface area contributed by atoms with Gasteiger partial charge >= 0.3 is 0 Å². The third-order valence-electron chi connectivity index (χ3n) is 3.25. The van der Waals surface area contributed by atoms with Crippen LogP contribution < -0.4 is 11.1 Å². The number of carbonyl (C=O) groups is 1. The van der Waals surface area contributed by atoms with Crippen LogP contribution in [-0.4, -0.2) is 5.78 Å². The minimum Gasteiger partial charge on any atom is -0.397 e. The molecule has 0 saturated carbocycles. The molecular weight excluding hydrogens is 212 g/mol. The highest BCUT2D eigenvalue weighted by Gasteiger charge is 2.29. The molecule has 0 radical (unpaired) electrons. The lowest BCUT2D eigenvalue weighted by Gasteiger charge is -2.27. The van der Waals surface area contributed by atoms with Gasteiger partial charge < -0.3 is 11.1 Å². The molecule has 0 heterocycles. The van der Waals surface area contributed by atoms with E-state index in [0.29, 0.717) is 5.69 Å². The Kier molecular flexibility index (Phi) is 2.92. The molecule has 0 aromatic heterocycles. The lowest BCUT2D eigenvalue weighted by atomic mass is 9.79. The van der Waals surface area contributed by atoms with Crippen LogP contribution in [0.4, 0.5) is 11.4 Å². The number of nitrogens with two attached hydrogens (primary N) is 1. The molecule has 2 rings (SSSR count). The minimum atomic E-state index is -0.229. The number of rotatable bonds is 2. The molecule has 0 fully saturated rings. The van der Waals surface area contributed by atoms with Gasteiger partial charge in [0.05, 0.1) is 11.4 Å². The van der Waals surface area contributed by atoms with Gasteiger partial charge in [0.15, 0.2) is 5.78 Å². The van der Waals surface area contributed by atoms with Crippen LogP contribution in [0.3, 0.4) is 0 Å². The zero-order chi connectivity index (χ0) is 12.5. The Morgan fingerprint density at radius 2 is 2.00 bits per heavy atom. The molecule has 0 saturated heterocycles. The lowest BCUT2D eigenvalue weighted by molar-refractivity contribution is -0.123. The largest absolute Gasteiger partial charge is 0.397 e. The molecular formula is C14H18N2O. The highest BCUT2D eigenvalue weighted by Crippen LogP contribution is 2.32. The fourth-order valence-corrected chi connectivity index (χ4v) is 1.88. The second-order valence-electron chi connectivity index (χ2n) is 5.13. The second kappa shape index (κ2) is 4.24. The maximum absolute atomic E-state index is 11.9. The van der Waals surface area contributed by atoms with Gasteiger partial charge in [-0.05, 0) is 25.0 Å². The molecule has 0 amide bonds. The maximum atomic E-state index is 11.9. The number of nitrogen functional groups attached to an aromatic ring is 1. The van der Waals surface area contributed by atoms with Gasteiger partial charge in [-0.15, -0.1) is 0 Å². The molecule has 1 aliphatic rings. The van der Waals surface area contributed by atoms with E-state index in [1.54, 1.807) is 6.08 Å². The molecule has 1 aromatic carbocycles. The Labute approximate surface area is 102 Å². The fourth-order valence-electron chi connectivity index (χ4n) is 1.88. The van der Waals surface area contributed by atoms with Gasteiger partial charge in [0.1, 0.15) is 0 Å². The summed E-state index contributed by atoms with van der Waals surface area (Å²) in [4.78, 5) is 11.9. The number of nitrogens with one attached hydrogen (secondary N) is 1. The molecule has 0 atom stereocenters. The van der Waals surface area contributed by atoms with E-state index in [1.165, 1.54) is 0 Å². The van der Waals surface area contributed by atoms with Crippen molar-refractivity contribution in [1.29, 1.82) is 0 Å². The van der Waals surface area contributed by atoms with Crippen molar-refractivity contribution in [2.24, 2.45) is 5.41 Å². The van der Waals surface area contributed by atoms with Crippen LogP contribution in [-0.2, 0) is 4.79 Å². The molecule has 0 bridgehead atoms. The Hall–Kier alpha value is -1.77. The number of hydrogen-bond acceptors (Lipinski definition) is 3. The van der Waals surface area contributed by atoms with Crippen molar-refractivity contribution in [3.63, 3.8) is 0 Å². The van der Waals surface area contributed by atoms with Crippen molar-refractivity contribution >= 4 is 17.2 Å². The number of para-hydroxylation sites is 2. The van der Waals surface area contributed by atoms with Crippen molar-refractivity contribution in [2.75, 3.05) is 11.1 Å². The predicted molar refractivity (Wildman–Crippen MR) is 70.6 cm³/mol. The van der Waals surface area contributed by atoms with Crippen LogP contribution in [0.5, 0.6) is 0 Å². The zero-order valence-corrected chi connectivity index (χ0v) is 10.3. The van der Waals surface area contributed by atoms with Crippen LogP contribution in [0.25, 0.3) is 0 Å². The number of hydrogen-bond donors (Lipinski definition) is 2. The van der Waals surface area contributed by atoms with Gasteiger partial charge in [-0.25, -0.2) is 0 Å².